The normalized spacial score (nSPS) is 17.7. The molecule has 1 unspecified atom stereocenters. The standard InChI is InChI=1S/C45H50F2N6O6S/c46-45(47)20-18-31(19-21-45)52-26-34(28-8-6-9-29(24-28)42(48)60)32-15-14-30(25-37(32)52)50-40(55)13-5-3-1-2-4-12-39(54)49-22-23-59-38-11-7-10-33-35(38)27-53(44(33)58)36-16-17-41(56)51-43(36)57/h6-11,14-15,24-26,31,36H,1-5,12-13,16-23,27H2,(H2,48,60)(H,49,54)(H,50,55)(H,51,56,57). The van der Waals surface area contributed by atoms with Crippen LogP contribution in [0.2, 0.25) is 0 Å². The van der Waals surface area contributed by atoms with Crippen molar-refractivity contribution in [2.24, 2.45) is 5.73 Å². The summed E-state index contributed by atoms with van der Waals surface area (Å²) in [7, 11) is 0. The number of nitrogens with two attached hydrogens (primary N) is 1. The lowest BCUT2D eigenvalue weighted by molar-refractivity contribution is -0.137. The molecular formula is C45H50F2N6O6S. The van der Waals surface area contributed by atoms with Crippen LogP contribution in [0.5, 0.6) is 5.75 Å². The number of piperidine rings is 1. The van der Waals surface area contributed by atoms with Crippen LogP contribution in [0.1, 0.15) is 111 Å². The molecule has 1 aromatic heterocycles. The van der Waals surface area contributed by atoms with E-state index in [-0.39, 0.29) is 68.5 Å². The number of anilines is 1. The Morgan fingerprint density at radius 3 is 2.38 bits per heavy atom. The number of benzene rings is 3. The highest BCUT2D eigenvalue weighted by Gasteiger charge is 2.40. The molecule has 12 nitrogen and oxygen atoms in total. The third kappa shape index (κ3) is 10.0. The summed E-state index contributed by atoms with van der Waals surface area (Å²) in [5.41, 5.74) is 11.2. The zero-order valence-corrected chi connectivity index (χ0v) is 34.2. The minimum absolute atomic E-state index is 0.0830. The van der Waals surface area contributed by atoms with E-state index in [0.29, 0.717) is 72.6 Å². The lowest BCUT2D eigenvalue weighted by atomic mass is 9.92. The average molecular weight is 841 g/mol. The summed E-state index contributed by atoms with van der Waals surface area (Å²) >= 11 is 5.20. The molecule has 316 valence electrons. The predicted octanol–water partition coefficient (Wildman–Crippen LogP) is 7.32. The van der Waals surface area contributed by atoms with Crippen LogP contribution in [0.15, 0.2) is 66.9 Å². The SMILES string of the molecule is NC(=S)c1cccc(-c2cn(C3CCC(F)(F)CC3)c3cc(NC(=O)CCCCCCCC(=O)NCCOc4cccc5c4CN(C4CCC(=O)NC4=O)C5=O)ccc23)c1. The lowest BCUT2D eigenvalue weighted by Gasteiger charge is -2.29. The Kier molecular flexibility index (Phi) is 13.2. The molecule has 5 amide bonds. The summed E-state index contributed by atoms with van der Waals surface area (Å²) in [6, 6.07) is 17.8. The largest absolute Gasteiger partial charge is 0.491 e. The van der Waals surface area contributed by atoms with Crippen molar-refractivity contribution in [2.45, 2.75) is 108 Å². The van der Waals surface area contributed by atoms with Gasteiger partial charge in [0.25, 0.3) is 5.91 Å². The number of alkyl halides is 2. The average Bonchev–Trinajstić information content (AvgIpc) is 3.77. The van der Waals surface area contributed by atoms with Crippen LogP contribution < -0.4 is 26.4 Å². The van der Waals surface area contributed by atoms with Crippen LogP contribution in [0.3, 0.4) is 0 Å². The van der Waals surface area contributed by atoms with Crippen LogP contribution in [0, 0.1) is 0 Å². The van der Waals surface area contributed by atoms with Crippen LogP contribution in [0.25, 0.3) is 22.0 Å². The number of imide groups is 1. The number of thiocarbonyl (C=S) groups is 1. The van der Waals surface area contributed by atoms with E-state index in [2.05, 4.69) is 20.5 Å². The number of carbonyl (C=O) groups excluding carboxylic acids is 5. The van der Waals surface area contributed by atoms with Crippen LogP contribution in [0.4, 0.5) is 14.5 Å². The smallest absolute Gasteiger partial charge is 0.255 e. The zero-order chi connectivity index (χ0) is 42.4. The quantitative estimate of drug-likeness (QED) is 0.0488. The van der Waals surface area contributed by atoms with E-state index < -0.39 is 17.9 Å². The van der Waals surface area contributed by atoms with Crippen LogP contribution >= 0.6 is 12.2 Å². The van der Waals surface area contributed by atoms with Gasteiger partial charge in [-0.3, -0.25) is 29.3 Å². The molecule has 2 fully saturated rings. The molecule has 60 heavy (non-hydrogen) atoms. The van der Waals surface area contributed by atoms with E-state index in [4.69, 9.17) is 22.7 Å². The molecule has 5 N–H and O–H groups in total. The number of fused-ring (bicyclic) bond motifs is 2. The van der Waals surface area contributed by atoms with Gasteiger partial charge in [0.15, 0.2) is 0 Å². The Morgan fingerprint density at radius 1 is 0.900 bits per heavy atom. The molecule has 1 aliphatic carbocycles. The molecule has 0 radical (unpaired) electrons. The van der Waals surface area contributed by atoms with Crippen molar-refractivity contribution in [2.75, 3.05) is 18.5 Å². The van der Waals surface area contributed by atoms with E-state index in [9.17, 15) is 32.8 Å². The Hall–Kier alpha value is -5.70. The van der Waals surface area contributed by atoms with Gasteiger partial charge in [0, 0.05) is 77.7 Å². The van der Waals surface area contributed by atoms with Crippen molar-refractivity contribution in [3.63, 3.8) is 0 Å². The number of rotatable bonds is 17. The van der Waals surface area contributed by atoms with Crippen LogP contribution in [-0.2, 0) is 25.7 Å². The van der Waals surface area contributed by atoms with Crippen molar-refractivity contribution < 1.29 is 37.5 Å². The first-order chi connectivity index (χ1) is 28.9. The fourth-order valence-corrected chi connectivity index (χ4v) is 8.59. The second-order valence-electron chi connectivity index (χ2n) is 15.9. The maximum absolute atomic E-state index is 14.1. The molecule has 2 aliphatic heterocycles. The maximum Gasteiger partial charge on any atom is 0.255 e. The summed E-state index contributed by atoms with van der Waals surface area (Å²) < 4.78 is 36.2. The highest BCUT2D eigenvalue weighted by Crippen LogP contribution is 2.42. The van der Waals surface area contributed by atoms with Crippen molar-refractivity contribution in [1.82, 2.24) is 20.1 Å². The number of nitrogens with zero attached hydrogens (tertiary/aromatic N) is 2. The van der Waals surface area contributed by atoms with Gasteiger partial charge in [-0.05, 0) is 68.0 Å². The molecule has 0 bridgehead atoms. The molecule has 15 heteroatoms. The predicted molar refractivity (Wildman–Crippen MR) is 228 cm³/mol. The number of halogens is 2. The van der Waals surface area contributed by atoms with Crippen LogP contribution in [-0.4, -0.2) is 69.1 Å². The van der Waals surface area contributed by atoms with E-state index >= 15 is 0 Å². The second kappa shape index (κ2) is 18.7. The number of hydrogen-bond donors (Lipinski definition) is 4. The number of unbranched alkanes of at least 4 members (excludes halogenated alkanes) is 4. The zero-order valence-electron chi connectivity index (χ0n) is 33.4. The van der Waals surface area contributed by atoms with Crippen molar-refractivity contribution >= 4 is 63.3 Å². The Bertz CT molecular complexity index is 2300. The van der Waals surface area contributed by atoms with Crippen molar-refractivity contribution in [3.8, 4) is 16.9 Å². The maximum atomic E-state index is 14.1. The summed E-state index contributed by atoms with van der Waals surface area (Å²) in [5.74, 6) is -3.40. The minimum atomic E-state index is -2.65. The Labute approximate surface area is 352 Å². The number of hydrogen-bond acceptors (Lipinski definition) is 7. The number of ether oxygens (including phenoxy) is 1. The van der Waals surface area contributed by atoms with Gasteiger partial charge in [-0.2, -0.15) is 0 Å². The number of carbonyl (C=O) groups is 5. The van der Waals surface area contributed by atoms with Gasteiger partial charge in [-0.25, -0.2) is 8.78 Å². The van der Waals surface area contributed by atoms with E-state index in [1.807, 2.05) is 48.7 Å². The van der Waals surface area contributed by atoms with Gasteiger partial charge in [-0.15, -0.1) is 0 Å². The van der Waals surface area contributed by atoms with Gasteiger partial charge in [0.2, 0.25) is 29.6 Å². The first kappa shape index (κ1) is 42.4. The third-order valence-electron chi connectivity index (χ3n) is 11.7. The number of aromatic nitrogens is 1. The highest BCUT2D eigenvalue weighted by atomic mass is 32.1. The summed E-state index contributed by atoms with van der Waals surface area (Å²) in [4.78, 5) is 64.2. The van der Waals surface area contributed by atoms with Gasteiger partial charge in [-0.1, -0.05) is 61.8 Å². The first-order valence-electron chi connectivity index (χ1n) is 20.8. The summed E-state index contributed by atoms with van der Waals surface area (Å²) in [6.45, 7) is 0.706. The van der Waals surface area contributed by atoms with Crippen molar-refractivity contribution in [1.29, 1.82) is 0 Å². The second-order valence-corrected chi connectivity index (χ2v) is 16.4. The van der Waals surface area contributed by atoms with Gasteiger partial charge < -0.3 is 30.6 Å². The van der Waals surface area contributed by atoms with E-state index in [1.54, 1.807) is 18.2 Å². The molecule has 3 aromatic carbocycles. The van der Waals surface area contributed by atoms with Gasteiger partial charge >= 0.3 is 0 Å². The van der Waals surface area contributed by atoms with Gasteiger partial charge in [0.05, 0.1) is 18.6 Å². The van der Waals surface area contributed by atoms with Gasteiger partial charge in [0.1, 0.15) is 23.4 Å². The molecule has 1 saturated heterocycles. The summed E-state index contributed by atoms with van der Waals surface area (Å²) in [5, 5.41) is 9.15. The molecule has 1 saturated carbocycles. The first-order valence-corrected chi connectivity index (χ1v) is 21.2. The summed E-state index contributed by atoms with van der Waals surface area (Å²) in [6.07, 6.45) is 7.59. The Morgan fingerprint density at radius 2 is 1.63 bits per heavy atom. The third-order valence-corrected chi connectivity index (χ3v) is 11.9. The fourth-order valence-electron chi connectivity index (χ4n) is 8.46. The monoisotopic (exact) mass is 840 g/mol. The molecule has 4 aromatic rings. The minimum Gasteiger partial charge on any atom is -0.491 e. The van der Waals surface area contributed by atoms with E-state index in [1.165, 1.54) is 4.90 Å². The molecule has 1 atom stereocenters. The fraction of sp³-hybridized carbons (Fsp3) is 0.422. The Balaban J connectivity index is 0.818. The molecule has 3 heterocycles. The highest BCUT2D eigenvalue weighted by molar-refractivity contribution is 7.80. The topological polar surface area (TPSA) is 165 Å². The number of amides is 5. The molecule has 3 aliphatic rings. The van der Waals surface area contributed by atoms with Crippen molar-refractivity contribution in [3.05, 3.63) is 83.6 Å². The molecule has 7 rings (SSSR count). The molecular weight excluding hydrogens is 791 g/mol. The number of nitrogens with one attached hydrogen (secondary N) is 3. The lowest BCUT2D eigenvalue weighted by Crippen LogP contribution is -2.52. The molecule has 0 spiro atoms. The van der Waals surface area contributed by atoms with E-state index in [0.717, 1.165) is 46.9 Å².